The minimum atomic E-state index is -1.41. The molecule has 0 fully saturated rings. The molecule has 1 aliphatic heterocycles. The molecule has 0 spiro atoms. The van der Waals surface area contributed by atoms with Gasteiger partial charge in [0.2, 0.25) is 0 Å². The molecule has 0 aromatic heterocycles. The highest BCUT2D eigenvalue weighted by molar-refractivity contribution is 6.24. The molecular formula is C24H16N4O8. The van der Waals surface area contributed by atoms with Crippen molar-refractivity contribution in [3.05, 3.63) is 115 Å². The minimum absolute atomic E-state index is 0.153. The van der Waals surface area contributed by atoms with Crippen LogP contribution in [0.4, 0.5) is 11.4 Å². The molecule has 36 heavy (non-hydrogen) atoms. The average Bonchev–Trinajstić information content (AvgIpc) is 3.14. The van der Waals surface area contributed by atoms with E-state index < -0.39 is 50.6 Å². The summed E-state index contributed by atoms with van der Waals surface area (Å²) in [5.74, 6) is -3.78. The van der Waals surface area contributed by atoms with E-state index in [4.69, 9.17) is 0 Å². The lowest BCUT2D eigenvalue weighted by Gasteiger charge is -2.34. The number of nitrogens with zero attached hydrogens (tertiary/aromatic N) is 4. The van der Waals surface area contributed by atoms with Gasteiger partial charge < -0.3 is 0 Å². The van der Waals surface area contributed by atoms with Crippen LogP contribution in [-0.4, -0.2) is 49.4 Å². The van der Waals surface area contributed by atoms with Crippen LogP contribution in [0.25, 0.3) is 0 Å². The summed E-state index contributed by atoms with van der Waals surface area (Å²) in [7, 11) is 0. The summed E-state index contributed by atoms with van der Waals surface area (Å²) in [5.41, 5.74) is -1.70. The van der Waals surface area contributed by atoms with Gasteiger partial charge in [0.05, 0.1) is 15.4 Å². The molecule has 180 valence electrons. The summed E-state index contributed by atoms with van der Waals surface area (Å²) in [4.78, 5) is 74.4. The monoisotopic (exact) mass is 488 g/mol. The molecule has 3 amide bonds. The number of Topliss-reactive ketones (excluding diaryl/α,β-unsaturated/α-hetero) is 1. The first-order valence-corrected chi connectivity index (χ1v) is 10.5. The number of carbonyl (C=O) groups excluding carboxylic acids is 4. The van der Waals surface area contributed by atoms with Crippen LogP contribution in [0.5, 0.6) is 0 Å². The molecule has 4 rings (SSSR count). The van der Waals surface area contributed by atoms with Crippen molar-refractivity contribution in [1.29, 1.82) is 0 Å². The predicted molar refractivity (Wildman–Crippen MR) is 123 cm³/mol. The van der Waals surface area contributed by atoms with Crippen LogP contribution in [0.15, 0.2) is 72.8 Å². The highest BCUT2D eigenvalue weighted by atomic mass is 16.6. The molecule has 0 saturated carbocycles. The van der Waals surface area contributed by atoms with Crippen LogP contribution < -0.4 is 0 Å². The van der Waals surface area contributed by atoms with Crippen LogP contribution in [0.3, 0.4) is 0 Å². The number of rotatable bonds is 7. The molecule has 12 nitrogen and oxygen atoms in total. The SMILES string of the molecule is C[C@H](C(=O)c1ccccc1)N(C(=O)c1ccc([N+](=O)[O-])cc1)N1C(=O)c2cccc([N+](=O)[O-])c2C1=O. The minimum Gasteiger partial charge on any atom is -0.292 e. The molecule has 1 heterocycles. The largest absolute Gasteiger partial charge is 0.292 e. The van der Waals surface area contributed by atoms with E-state index in [1.807, 2.05) is 0 Å². The number of hydrogen-bond acceptors (Lipinski definition) is 8. The molecular weight excluding hydrogens is 472 g/mol. The fourth-order valence-electron chi connectivity index (χ4n) is 3.86. The maximum absolute atomic E-state index is 13.6. The molecule has 1 aliphatic rings. The molecule has 0 radical (unpaired) electrons. The fraction of sp³-hybridized carbons (Fsp3) is 0.0833. The van der Waals surface area contributed by atoms with Gasteiger partial charge in [-0.3, -0.25) is 39.4 Å². The number of fused-ring (bicyclic) bond motifs is 1. The Morgan fingerprint density at radius 1 is 0.806 bits per heavy atom. The maximum Gasteiger partial charge on any atom is 0.287 e. The first kappa shape index (κ1) is 23.9. The van der Waals surface area contributed by atoms with Crippen molar-refractivity contribution in [2.45, 2.75) is 13.0 Å². The number of non-ortho nitro benzene ring substituents is 1. The fourth-order valence-corrected chi connectivity index (χ4v) is 3.86. The van der Waals surface area contributed by atoms with Gasteiger partial charge in [0, 0.05) is 29.3 Å². The third-order valence-electron chi connectivity index (χ3n) is 5.62. The molecule has 3 aromatic carbocycles. The van der Waals surface area contributed by atoms with Crippen molar-refractivity contribution in [2.75, 3.05) is 0 Å². The zero-order chi connectivity index (χ0) is 26.1. The molecule has 1 atom stereocenters. The second-order valence-electron chi connectivity index (χ2n) is 7.74. The van der Waals surface area contributed by atoms with Gasteiger partial charge in [0.25, 0.3) is 29.1 Å². The van der Waals surface area contributed by atoms with E-state index in [0.717, 1.165) is 30.3 Å². The second kappa shape index (κ2) is 9.18. The van der Waals surface area contributed by atoms with Crippen molar-refractivity contribution in [3.8, 4) is 0 Å². The number of amides is 3. The van der Waals surface area contributed by atoms with Crippen LogP contribution >= 0.6 is 0 Å². The lowest BCUT2D eigenvalue weighted by Crippen LogP contribution is -2.56. The standard InChI is InChI=1S/C24H16N4O8/c1-14(21(29)15-6-3-2-4-7-15)25(22(30)16-10-12-17(13-11-16)27(33)34)26-23(31)18-8-5-9-19(28(35)36)20(18)24(26)32/h2-14H,1H3/t14-/m1/s1. The average molecular weight is 488 g/mol. The van der Waals surface area contributed by atoms with Gasteiger partial charge in [-0.25, -0.2) is 5.01 Å². The Morgan fingerprint density at radius 3 is 2.03 bits per heavy atom. The molecule has 0 saturated heterocycles. The number of imide groups is 1. The van der Waals surface area contributed by atoms with E-state index in [2.05, 4.69) is 0 Å². The Balaban J connectivity index is 1.83. The Morgan fingerprint density at radius 2 is 1.44 bits per heavy atom. The van der Waals surface area contributed by atoms with Crippen molar-refractivity contribution in [3.63, 3.8) is 0 Å². The first-order chi connectivity index (χ1) is 17.1. The number of nitro groups is 2. The third kappa shape index (κ3) is 3.96. The number of ketones is 1. The quantitative estimate of drug-likeness (QED) is 0.211. The molecule has 0 aliphatic carbocycles. The van der Waals surface area contributed by atoms with Crippen LogP contribution in [0.2, 0.25) is 0 Å². The van der Waals surface area contributed by atoms with Crippen LogP contribution in [0, 0.1) is 20.2 Å². The van der Waals surface area contributed by atoms with E-state index in [-0.39, 0.29) is 22.4 Å². The Hall–Kier alpha value is -5.26. The summed E-state index contributed by atoms with van der Waals surface area (Å²) in [6.07, 6.45) is 0. The van der Waals surface area contributed by atoms with Gasteiger partial charge in [-0.05, 0) is 25.1 Å². The molecule has 0 bridgehead atoms. The van der Waals surface area contributed by atoms with Gasteiger partial charge in [0.15, 0.2) is 5.78 Å². The van der Waals surface area contributed by atoms with E-state index >= 15 is 0 Å². The van der Waals surface area contributed by atoms with Gasteiger partial charge >= 0.3 is 0 Å². The van der Waals surface area contributed by atoms with Gasteiger partial charge in [-0.15, -0.1) is 0 Å². The third-order valence-corrected chi connectivity index (χ3v) is 5.62. The van der Waals surface area contributed by atoms with Gasteiger partial charge in [0.1, 0.15) is 11.6 Å². The zero-order valence-electron chi connectivity index (χ0n) is 18.6. The van der Waals surface area contributed by atoms with Gasteiger partial charge in [-0.2, -0.15) is 5.01 Å². The van der Waals surface area contributed by atoms with Crippen LogP contribution in [-0.2, 0) is 0 Å². The molecule has 12 heteroatoms. The molecule has 0 N–H and O–H groups in total. The number of benzene rings is 3. The number of hydrazine groups is 1. The summed E-state index contributed by atoms with van der Waals surface area (Å²) in [5, 5.41) is 23.5. The normalized spacial score (nSPS) is 13.2. The Bertz CT molecular complexity index is 1440. The smallest absolute Gasteiger partial charge is 0.287 e. The van der Waals surface area contributed by atoms with E-state index in [0.29, 0.717) is 10.0 Å². The van der Waals surface area contributed by atoms with Crippen molar-refractivity contribution >= 4 is 34.9 Å². The Kier molecular flexibility index (Phi) is 6.09. The zero-order valence-corrected chi connectivity index (χ0v) is 18.6. The maximum atomic E-state index is 13.6. The summed E-state index contributed by atoms with van der Waals surface area (Å²) >= 11 is 0. The van der Waals surface area contributed by atoms with Crippen molar-refractivity contribution < 1.29 is 29.0 Å². The number of nitro benzene ring substituents is 2. The lowest BCUT2D eigenvalue weighted by atomic mass is 10.0. The van der Waals surface area contributed by atoms with Crippen molar-refractivity contribution in [2.24, 2.45) is 0 Å². The van der Waals surface area contributed by atoms with Crippen molar-refractivity contribution in [1.82, 2.24) is 10.0 Å². The highest BCUT2D eigenvalue weighted by Crippen LogP contribution is 2.33. The Labute approximate surface area is 202 Å². The highest BCUT2D eigenvalue weighted by Gasteiger charge is 2.48. The second-order valence-corrected chi connectivity index (χ2v) is 7.74. The molecule has 3 aromatic rings. The van der Waals surface area contributed by atoms with Gasteiger partial charge in [-0.1, -0.05) is 36.4 Å². The number of carbonyl (C=O) groups is 4. The first-order valence-electron chi connectivity index (χ1n) is 10.5. The summed E-state index contributed by atoms with van der Waals surface area (Å²) in [6, 6.07) is 14.3. The topological polar surface area (TPSA) is 161 Å². The summed E-state index contributed by atoms with van der Waals surface area (Å²) in [6.45, 7) is 1.30. The molecule has 0 unspecified atom stereocenters. The van der Waals surface area contributed by atoms with E-state index in [1.54, 1.807) is 18.2 Å². The summed E-state index contributed by atoms with van der Waals surface area (Å²) < 4.78 is 0. The number of hydrogen-bond donors (Lipinski definition) is 0. The van der Waals surface area contributed by atoms with E-state index in [9.17, 15) is 39.4 Å². The predicted octanol–water partition coefficient (Wildman–Crippen LogP) is 3.43. The lowest BCUT2D eigenvalue weighted by molar-refractivity contribution is -0.385. The van der Waals surface area contributed by atoms with Crippen LogP contribution in [0.1, 0.15) is 48.4 Å². The van der Waals surface area contributed by atoms with E-state index in [1.165, 1.54) is 31.2 Å².